The summed E-state index contributed by atoms with van der Waals surface area (Å²) in [5, 5.41) is 4.00. The molecule has 0 spiro atoms. The van der Waals surface area contributed by atoms with Crippen molar-refractivity contribution in [3.63, 3.8) is 0 Å². The van der Waals surface area contributed by atoms with Gasteiger partial charge in [-0.25, -0.2) is 33.4 Å². The minimum atomic E-state index is -0.903. The number of rotatable bonds is 4. The van der Waals surface area contributed by atoms with Crippen LogP contribution < -0.4 is 0 Å². The fourth-order valence-electron chi connectivity index (χ4n) is 3.38. The Labute approximate surface area is 159 Å². The normalized spacial score (nSPS) is 18.2. The second-order valence-corrected chi connectivity index (χ2v) is 6.65. The van der Waals surface area contributed by atoms with Crippen LogP contribution in [0.1, 0.15) is 29.4 Å². The van der Waals surface area contributed by atoms with Gasteiger partial charge in [0, 0.05) is 37.2 Å². The predicted octanol–water partition coefficient (Wildman–Crippen LogP) is 3.67. The lowest BCUT2D eigenvalue weighted by Crippen LogP contribution is -2.02. The lowest BCUT2D eigenvalue weighted by atomic mass is 10.1. The van der Waals surface area contributed by atoms with E-state index in [-0.39, 0.29) is 17.5 Å². The van der Waals surface area contributed by atoms with Crippen molar-refractivity contribution >= 4 is 0 Å². The van der Waals surface area contributed by atoms with Gasteiger partial charge < -0.3 is 0 Å². The molecule has 0 aliphatic heterocycles. The first-order chi connectivity index (χ1) is 13.7. The number of benzene rings is 1. The Morgan fingerprint density at radius 1 is 0.821 bits per heavy atom. The summed E-state index contributed by atoms with van der Waals surface area (Å²) >= 11 is 0. The topological polar surface area (TPSA) is 69.4 Å². The van der Waals surface area contributed by atoms with E-state index >= 15 is 0 Å². The van der Waals surface area contributed by atoms with Gasteiger partial charge in [0.05, 0.1) is 0 Å². The van der Waals surface area contributed by atoms with Gasteiger partial charge in [-0.05, 0) is 53.6 Å². The third-order valence-electron chi connectivity index (χ3n) is 4.87. The van der Waals surface area contributed by atoms with Crippen LogP contribution in [-0.4, -0.2) is 29.7 Å². The van der Waals surface area contributed by atoms with Gasteiger partial charge in [0.15, 0.2) is 23.3 Å². The molecular weight excluding hydrogens is 362 g/mol. The van der Waals surface area contributed by atoms with Crippen molar-refractivity contribution in [2.24, 2.45) is 0 Å². The molecule has 0 saturated heterocycles. The van der Waals surface area contributed by atoms with Crippen molar-refractivity contribution in [1.29, 1.82) is 0 Å². The average molecular weight is 376 g/mol. The number of aromatic nitrogens is 6. The zero-order valence-corrected chi connectivity index (χ0v) is 14.6. The Bertz CT molecular complexity index is 1110. The summed E-state index contributed by atoms with van der Waals surface area (Å²) in [6.45, 7) is 0. The summed E-state index contributed by atoms with van der Waals surface area (Å²) in [5.41, 5.74) is 1.80. The third kappa shape index (κ3) is 2.92. The summed E-state index contributed by atoms with van der Waals surface area (Å²) in [7, 11) is 0. The first-order valence-corrected chi connectivity index (χ1v) is 8.79. The zero-order valence-electron chi connectivity index (χ0n) is 14.6. The fraction of sp³-hybridized carbons (Fsp3) is 0.150. The van der Waals surface area contributed by atoms with E-state index in [1.165, 1.54) is 16.9 Å². The molecule has 6 nitrogen and oxygen atoms in total. The maximum absolute atomic E-state index is 14.2. The molecule has 0 unspecified atom stereocenters. The van der Waals surface area contributed by atoms with Crippen LogP contribution in [0.5, 0.6) is 0 Å². The van der Waals surface area contributed by atoms with Gasteiger partial charge in [0.25, 0.3) is 0 Å². The molecule has 0 bridgehead atoms. The monoisotopic (exact) mass is 376 g/mol. The lowest BCUT2D eigenvalue weighted by molar-refractivity contribution is 0.500. The van der Waals surface area contributed by atoms with Crippen LogP contribution in [0, 0.1) is 11.6 Å². The highest BCUT2D eigenvalue weighted by Gasteiger charge is 2.40. The zero-order chi connectivity index (χ0) is 19.1. The molecule has 1 saturated carbocycles. The molecule has 1 fully saturated rings. The van der Waals surface area contributed by atoms with E-state index in [0.29, 0.717) is 11.6 Å². The Morgan fingerprint density at radius 2 is 1.54 bits per heavy atom. The minimum absolute atomic E-state index is 0.0897. The lowest BCUT2D eigenvalue weighted by Gasteiger charge is -2.08. The molecule has 3 heterocycles. The Hall–Kier alpha value is -3.55. The highest BCUT2D eigenvalue weighted by Crippen LogP contribution is 2.54. The van der Waals surface area contributed by atoms with Crippen LogP contribution in [0.15, 0.2) is 61.4 Å². The molecule has 4 aromatic rings. The molecule has 138 valence electrons. The van der Waals surface area contributed by atoms with Crippen molar-refractivity contribution < 1.29 is 8.78 Å². The van der Waals surface area contributed by atoms with E-state index in [2.05, 4.69) is 25.0 Å². The van der Waals surface area contributed by atoms with E-state index in [1.54, 1.807) is 49.2 Å². The van der Waals surface area contributed by atoms with Crippen LogP contribution >= 0.6 is 0 Å². The van der Waals surface area contributed by atoms with Crippen molar-refractivity contribution in [3.05, 3.63) is 84.2 Å². The van der Waals surface area contributed by atoms with E-state index in [0.717, 1.165) is 17.5 Å². The van der Waals surface area contributed by atoms with Crippen LogP contribution in [0.3, 0.4) is 0 Å². The molecule has 1 aliphatic carbocycles. The molecule has 0 N–H and O–H groups in total. The molecule has 1 aromatic carbocycles. The number of nitrogens with zero attached hydrogens (tertiary/aromatic N) is 6. The van der Waals surface area contributed by atoms with E-state index in [1.807, 2.05) is 0 Å². The first-order valence-electron chi connectivity index (χ1n) is 8.79. The fourth-order valence-corrected chi connectivity index (χ4v) is 3.38. The Kier molecular flexibility index (Phi) is 3.89. The van der Waals surface area contributed by atoms with Gasteiger partial charge in [0.2, 0.25) is 0 Å². The first kappa shape index (κ1) is 16.6. The summed E-state index contributed by atoms with van der Waals surface area (Å²) in [6.07, 6.45) is 10.7. The van der Waals surface area contributed by atoms with Crippen molar-refractivity contribution in [3.8, 4) is 17.3 Å². The number of hydrogen-bond acceptors (Lipinski definition) is 5. The van der Waals surface area contributed by atoms with Gasteiger partial charge in [0.1, 0.15) is 5.69 Å². The van der Waals surface area contributed by atoms with Crippen molar-refractivity contribution in [2.75, 3.05) is 0 Å². The molecule has 1 aliphatic rings. The molecule has 2 atom stereocenters. The largest absolute Gasteiger partial charge is 0.238 e. The second-order valence-electron chi connectivity index (χ2n) is 6.65. The van der Waals surface area contributed by atoms with E-state index < -0.39 is 11.6 Å². The Morgan fingerprint density at radius 3 is 2.25 bits per heavy atom. The number of hydrogen-bond donors (Lipinski definition) is 0. The highest BCUT2D eigenvalue weighted by molar-refractivity contribution is 5.45. The van der Waals surface area contributed by atoms with Gasteiger partial charge in [-0.15, -0.1) is 0 Å². The van der Waals surface area contributed by atoms with Gasteiger partial charge >= 0.3 is 0 Å². The van der Waals surface area contributed by atoms with Crippen LogP contribution in [0.25, 0.3) is 17.3 Å². The predicted molar refractivity (Wildman–Crippen MR) is 96.6 cm³/mol. The summed E-state index contributed by atoms with van der Waals surface area (Å²) in [6, 6.07) is 6.31. The number of halogens is 2. The summed E-state index contributed by atoms with van der Waals surface area (Å²) in [4.78, 5) is 17.0. The molecular formula is C20H14F2N6. The minimum Gasteiger partial charge on any atom is -0.238 e. The molecule has 0 radical (unpaired) electrons. The second kappa shape index (κ2) is 6.56. The van der Waals surface area contributed by atoms with Crippen LogP contribution in [-0.2, 0) is 0 Å². The molecule has 3 aromatic heterocycles. The van der Waals surface area contributed by atoms with Crippen molar-refractivity contribution in [2.45, 2.75) is 18.3 Å². The molecule has 5 rings (SSSR count). The Balaban J connectivity index is 1.40. The van der Waals surface area contributed by atoms with Gasteiger partial charge in [-0.3, -0.25) is 0 Å². The average Bonchev–Trinajstić information content (AvgIpc) is 3.35. The van der Waals surface area contributed by atoms with Crippen LogP contribution in [0.4, 0.5) is 8.78 Å². The van der Waals surface area contributed by atoms with Gasteiger partial charge in [-0.2, -0.15) is 5.10 Å². The summed E-state index contributed by atoms with van der Waals surface area (Å²) in [5.74, 6) is -0.601. The standard InChI is InChI=1S/C20H14F2N6/c21-16-7-12(8-17(18(16)22)28-6-2-5-27-28)14-9-15(14)13-10-25-20(26-11-13)19-23-3-1-4-24-19/h1-8,10-11,14-15H,9H2/t14-,15-/m0/s1. The van der Waals surface area contributed by atoms with E-state index in [9.17, 15) is 8.78 Å². The van der Waals surface area contributed by atoms with Crippen LogP contribution in [0.2, 0.25) is 0 Å². The third-order valence-corrected chi connectivity index (χ3v) is 4.87. The van der Waals surface area contributed by atoms with E-state index in [4.69, 9.17) is 0 Å². The SMILES string of the molecule is Fc1cc([C@@H]2C[C@H]2c2cnc(-c3ncccn3)nc2)cc(-n2cccn2)c1F. The maximum atomic E-state index is 14.2. The maximum Gasteiger partial charge on any atom is 0.197 e. The molecule has 28 heavy (non-hydrogen) atoms. The molecule has 0 amide bonds. The quantitative estimate of drug-likeness (QED) is 0.544. The van der Waals surface area contributed by atoms with Gasteiger partial charge in [-0.1, -0.05) is 0 Å². The molecule has 8 heteroatoms. The van der Waals surface area contributed by atoms with Crippen molar-refractivity contribution in [1.82, 2.24) is 29.7 Å². The summed E-state index contributed by atoms with van der Waals surface area (Å²) < 4.78 is 29.7. The smallest absolute Gasteiger partial charge is 0.197 e. The highest BCUT2D eigenvalue weighted by atomic mass is 19.2.